The van der Waals surface area contributed by atoms with Crippen LogP contribution in [0, 0.1) is 0 Å². The van der Waals surface area contributed by atoms with E-state index in [-0.39, 0.29) is 17.8 Å². The zero-order valence-electron chi connectivity index (χ0n) is 15.6. The number of fused-ring (bicyclic) bond motifs is 4. The Bertz CT molecular complexity index is 1560. The van der Waals surface area contributed by atoms with Crippen molar-refractivity contribution in [1.82, 2.24) is 0 Å². The number of para-hydroxylation sites is 1. The van der Waals surface area contributed by atoms with Gasteiger partial charge in [-0.15, -0.1) is 0 Å². The first-order valence-corrected chi connectivity index (χ1v) is 9.25. The molecule has 3 aromatic carbocycles. The molecule has 0 amide bonds. The molecule has 0 saturated carbocycles. The maximum atomic E-state index is 12.5. The highest BCUT2D eigenvalue weighted by Gasteiger charge is 2.16. The smallest absolute Gasteiger partial charge is 0.374 e. The largest absolute Gasteiger partial charge is 0.455 e. The molecule has 2 heterocycles. The molecule has 0 aliphatic heterocycles. The van der Waals surface area contributed by atoms with Crippen LogP contribution in [0.5, 0.6) is 0 Å². The summed E-state index contributed by atoms with van der Waals surface area (Å²) in [5.41, 5.74) is 0.342. The third-order valence-electron chi connectivity index (χ3n) is 4.91. The van der Waals surface area contributed by atoms with Crippen LogP contribution in [0.25, 0.3) is 32.7 Å². The molecule has 0 spiro atoms. The summed E-state index contributed by atoms with van der Waals surface area (Å²) in [6.45, 7) is -0.175. The third kappa shape index (κ3) is 3.04. The van der Waals surface area contributed by atoms with Crippen LogP contribution >= 0.6 is 0 Å². The molecule has 146 valence electrons. The van der Waals surface area contributed by atoms with E-state index in [4.69, 9.17) is 13.6 Å². The molecule has 0 unspecified atom stereocenters. The standard InChI is InChI=1S/C24H14O6/c25-18-12-21(29-19-8-4-3-7-17(18)19)24(27)28-13-15-11-22(26)30-20-10-9-14-5-1-2-6-16(14)23(15)20/h1-12H,13H2. The number of esters is 1. The Kier molecular flexibility index (Phi) is 4.17. The molecule has 0 saturated heterocycles. The van der Waals surface area contributed by atoms with E-state index in [0.29, 0.717) is 27.5 Å². The van der Waals surface area contributed by atoms with Crippen molar-refractivity contribution in [2.24, 2.45) is 0 Å². The first-order chi connectivity index (χ1) is 14.6. The van der Waals surface area contributed by atoms with Gasteiger partial charge in [-0.3, -0.25) is 4.79 Å². The number of carbonyl (C=O) groups is 1. The van der Waals surface area contributed by atoms with E-state index in [2.05, 4.69) is 0 Å². The lowest BCUT2D eigenvalue weighted by Gasteiger charge is -2.09. The normalized spacial score (nSPS) is 11.2. The van der Waals surface area contributed by atoms with Crippen molar-refractivity contribution in [3.05, 3.63) is 105 Å². The van der Waals surface area contributed by atoms with Gasteiger partial charge in [0.05, 0.1) is 5.39 Å². The van der Waals surface area contributed by atoms with Gasteiger partial charge in [-0.05, 0) is 29.0 Å². The molecule has 2 aromatic heterocycles. The number of hydrogen-bond acceptors (Lipinski definition) is 6. The van der Waals surface area contributed by atoms with Gasteiger partial charge in [0.1, 0.15) is 17.8 Å². The van der Waals surface area contributed by atoms with Gasteiger partial charge in [0.2, 0.25) is 5.76 Å². The van der Waals surface area contributed by atoms with E-state index in [1.807, 2.05) is 30.3 Å². The molecule has 0 aliphatic carbocycles. The lowest BCUT2D eigenvalue weighted by Crippen LogP contribution is -2.11. The Morgan fingerprint density at radius 1 is 0.800 bits per heavy atom. The Hall–Kier alpha value is -4.19. The molecule has 0 bridgehead atoms. The van der Waals surface area contributed by atoms with E-state index in [0.717, 1.165) is 16.8 Å². The predicted molar refractivity (Wildman–Crippen MR) is 112 cm³/mol. The van der Waals surface area contributed by atoms with E-state index in [9.17, 15) is 14.4 Å². The Morgan fingerprint density at radius 2 is 1.57 bits per heavy atom. The van der Waals surface area contributed by atoms with Crippen LogP contribution < -0.4 is 11.1 Å². The number of hydrogen-bond donors (Lipinski definition) is 0. The van der Waals surface area contributed by atoms with Gasteiger partial charge in [-0.2, -0.15) is 0 Å². The lowest BCUT2D eigenvalue weighted by atomic mass is 10.0. The number of ether oxygens (including phenoxy) is 1. The molecule has 0 aliphatic rings. The molecule has 0 fully saturated rings. The highest BCUT2D eigenvalue weighted by molar-refractivity contribution is 6.07. The van der Waals surface area contributed by atoms with Crippen molar-refractivity contribution < 1.29 is 18.4 Å². The molecule has 5 aromatic rings. The first kappa shape index (κ1) is 17.9. The molecule has 0 atom stereocenters. The Labute approximate surface area is 168 Å². The highest BCUT2D eigenvalue weighted by atomic mass is 16.5. The van der Waals surface area contributed by atoms with E-state index >= 15 is 0 Å². The van der Waals surface area contributed by atoms with E-state index < -0.39 is 11.6 Å². The van der Waals surface area contributed by atoms with Crippen molar-refractivity contribution in [2.45, 2.75) is 6.61 Å². The summed E-state index contributed by atoms with van der Waals surface area (Å²) in [6.07, 6.45) is 0. The van der Waals surface area contributed by atoms with Crippen LogP contribution in [0.1, 0.15) is 16.1 Å². The number of rotatable bonds is 3. The maximum Gasteiger partial charge on any atom is 0.374 e. The first-order valence-electron chi connectivity index (χ1n) is 9.25. The van der Waals surface area contributed by atoms with Gasteiger partial charge >= 0.3 is 11.6 Å². The average Bonchev–Trinajstić information content (AvgIpc) is 2.76. The summed E-state index contributed by atoms with van der Waals surface area (Å²) in [5.74, 6) is -0.990. The van der Waals surface area contributed by atoms with E-state index in [1.165, 1.54) is 6.07 Å². The Morgan fingerprint density at radius 3 is 2.43 bits per heavy atom. The van der Waals surface area contributed by atoms with Crippen molar-refractivity contribution in [1.29, 1.82) is 0 Å². The number of benzene rings is 3. The van der Waals surface area contributed by atoms with Crippen LogP contribution in [-0.4, -0.2) is 5.97 Å². The molecule has 0 radical (unpaired) electrons. The SMILES string of the molecule is O=C(OCc1cc(=O)oc2ccc3ccccc3c12)c1cc(=O)c2ccccc2o1. The fourth-order valence-corrected chi connectivity index (χ4v) is 3.55. The average molecular weight is 398 g/mol. The van der Waals surface area contributed by atoms with Crippen molar-refractivity contribution >= 4 is 38.7 Å². The van der Waals surface area contributed by atoms with E-state index in [1.54, 1.807) is 30.3 Å². The maximum absolute atomic E-state index is 12.5. The van der Waals surface area contributed by atoms with Gasteiger partial charge in [0.15, 0.2) is 5.43 Å². The van der Waals surface area contributed by atoms with Crippen molar-refractivity contribution in [3.63, 3.8) is 0 Å². The fraction of sp³-hybridized carbons (Fsp3) is 0.0417. The van der Waals surface area contributed by atoms with Crippen LogP contribution in [0.3, 0.4) is 0 Å². The summed E-state index contributed by atoms with van der Waals surface area (Å²) in [6, 6.07) is 20.3. The van der Waals surface area contributed by atoms with Crippen LogP contribution in [0.15, 0.2) is 91.2 Å². The van der Waals surface area contributed by atoms with Crippen LogP contribution in [0.2, 0.25) is 0 Å². The van der Waals surface area contributed by atoms with Gasteiger partial charge in [0, 0.05) is 23.1 Å². The third-order valence-corrected chi connectivity index (χ3v) is 4.91. The second-order valence-electron chi connectivity index (χ2n) is 6.80. The molecule has 30 heavy (non-hydrogen) atoms. The summed E-state index contributed by atoms with van der Waals surface area (Å²) >= 11 is 0. The quantitative estimate of drug-likeness (QED) is 0.254. The highest BCUT2D eigenvalue weighted by Crippen LogP contribution is 2.28. The van der Waals surface area contributed by atoms with Gasteiger partial charge < -0.3 is 13.6 Å². The Balaban J connectivity index is 1.54. The monoisotopic (exact) mass is 398 g/mol. The second kappa shape index (κ2) is 7.00. The minimum Gasteiger partial charge on any atom is -0.455 e. The van der Waals surface area contributed by atoms with Crippen LogP contribution in [-0.2, 0) is 11.3 Å². The summed E-state index contributed by atoms with van der Waals surface area (Å²) in [5, 5.41) is 2.92. The number of carbonyl (C=O) groups excluding carboxylic acids is 1. The zero-order chi connectivity index (χ0) is 20.7. The van der Waals surface area contributed by atoms with Gasteiger partial charge in [-0.25, -0.2) is 9.59 Å². The van der Waals surface area contributed by atoms with Gasteiger partial charge in [-0.1, -0.05) is 42.5 Å². The topological polar surface area (TPSA) is 86.7 Å². The fourth-order valence-electron chi connectivity index (χ4n) is 3.55. The minimum atomic E-state index is -0.792. The van der Waals surface area contributed by atoms with Crippen molar-refractivity contribution in [3.8, 4) is 0 Å². The molecule has 0 N–H and O–H groups in total. The summed E-state index contributed by atoms with van der Waals surface area (Å²) < 4.78 is 16.2. The minimum absolute atomic E-state index is 0.175. The molecular weight excluding hydrogens is 384 g/mol. The molecule has 6 nitrogen and oxygen atoms in total. The molecular formula is C24H14O6. The van der Waals surface area contributed by atoms with Crippen molar-refractivity contribution in [2.75, 3.05) is 0 Å². The molecule has 6 heteroatoms. The molecule has 5 rings (SSSR count). The summed E-state index contributed by atoms with van der Waals surface area (Å²) in [4.78, 5) is 36.7. The van der Waals surface area contributed by atoms with Crippen LogP contribution in [0.4, 0.5) is 0 Å². The summed E-state index contributed by atoms with van der Waals surface area (Å²) in [7, 11) is 0. The zero-order valence-corrected chi connectivity index (χ0v) is 15.6. The lowest BCUT2D eigenvalue weighted by molar-refractivity contribution is 0.0438. The predicted octanol–water partition coefficient (Wildman–Crippen LogP) is 4.41. The second-order valence-corrected chi connectivity index (χ2v) is 6.80. The van der Waals surface area contributed by atoms with Gasteiger partial charge in [0.25, 0.3) is 0 Å².